The summed E-state index contributed by atoms with van der Waals surface area (Å²) in [6, 6.07) is 5.67. The summed E-state index contributed by atoms with van der Waals surface area (Å²) in [6.07, 6.45) is 0. The monoisotopic (exact) mass is 448 g/mol. The third-order valence-electron chi connectivity index (χ3n) is 4.29. The number of hydrogen-bond acceptors (Lipinski definition) is 7. The summed E-state index contributed by atoms with van der Waals surface area (Å²) in [5.41, 5.74) is 1.68. The SMILES string of the molecule is CCNC(=NCc1ccc(OCC)c(OC)c1)NC(C)c1nc(C)c(C(=O)OCC)s1. The van der Waals surface area contributed by atoms with E-state index in [0.717, 1.165) is 17.1 Å². The third kappa shape index (κ3) is 6.85. The first-order chi connectivity index (χ1) is 14.9. The molecule has 1 heterocycles. The second-order valence-electron chi connectivity index (χ2n) is 6.67. The molecule has 1 unspecified atom stereocenters. The Morgan fingerprint density at radius 3 is 2.65 bits per heavy atom. The van der Waals surface area contributed by atoms with Gasteiger partial charge in [0.1, 0.15) is 9.88 Å². The number of aryl methyl sites for hydroxylation is 1. The Labute approximate surface area is 188 Å². The smallest absolute Gasteiger partial charge is 0.350 e. The molecule has 0 aliphatic carbocycles. The number of aliphatic imine (C=N–C) groups is 1. The summed E-state index contributed by atoms with van der Waals surface area (Å²) in [7, 11) is 1.62. The number of esters is 1. The molecular weight excluding hydrogens is 416 g/mol. The zero-order valence-electron chi connectivity index (χ0n) is 19.1. The second kappa shape index (κ2) is 12.1. The first-order valence-electron chi connectivity index (χ1n) is 10.4. The van der Waals surface area contributed by atoms with Crippen LogP contribution >= 0.6 is 11.3 Å². The number of methoxy groups -OCH3 is 1. The van der Waals surface area contributed by atoms with E-state index in [0.29, 0.717) is 47.8 Å². The quantitative estimate of drug-likeness (QED) is 0.324. The molecule has 0 spiro atoms. The van der Waals surface area contributed by atoms with Crippen LogP contribution in [0, 0.1) is 6.92 Å². The fourth-order valence-corrected chi connectivity index (χ4v) is 3.79. The van der Waals surface area contributed by atoms with Gasteiger partial charge in [0.2, 0.25) is 0 Å². The number of carbonyl (C=O) groups excluding carboxylic acids is 1. The normalized spacial score (nSPS) is 12.3. The highest BCUT2D eigenvalue weighted by atomic mass is 32.1. The maximum Gasteiger partial charge on any atom is 0.350 e. The van der Waals surface area contributed by atoms with Crippen LogP contribution in [-0.2, 0) is 11.3 Å². The van der Waals surface area contributed by atoms with Gasteiger partial charge in [-0.2, -0.15) is 0 Å². The van der Waals surface area contributed by atoms with Crippen molar-refractivity contribution in [1.82, 2.24) is 15.6 Å². The maximum absolute atomic E-state index is 12.1. The molecule has 170 valence electrons. The molecule has 0 radical (unpaired) electrons. The van der Waals surface area contributed by atoms with Gasteiger partial charge in [-0.1, -0.05) is 6.07 Å². The van der Waals surface area contributed by atoms with Crippen molar-refractivity contribution >= 4 is 23.3 Å². The van der Waals surface area contributed by atoms with Crippen LogP contribution in [0.3, 0.4) is 0 Å². The van der Waals surface area contributed by atoms with Crippen LogP contribution in [0.15, 0.2) is 23.2 Å². The lowest BCUT2D eigenvalue weighted by molar-refractivity contribution is 0.0531. The van der Waals surface area contributed by atoms with Crippen LogP contribution in [-0.4, -0.2) is 43.8 Å². The van der Waals surface area contributed by atoms with Crippen molar-refractivity contribution in [1.29, 1.82) is 0 Å². The van der Waals surface area contributed by atoms with Crippen LogP contribution in [0.2, 0.25) is 0 Å². The third-order valence-corrected chi connectivity index (χ3v) is 5.61. The fourth-order valence-electron chi connectivity index (χ4n) is 2.83. The van der Waals surface area contributed by atoms with E-state index in [4.69, 9.17) is 14.2 Å². The van der Waals surface area contributed by atoms with Crippen molar-refractivity contribution in [2.75, 3.05) is 26.9 Å². The number of nitrogens with zero attached hydrogens (tertiary/aromatic N) is 2. The number of thiazole rings is 1. The fraction of sp³-hybridized carbons (Fsp3) is 0.500. The molecule has 2 rings (SSSR count). The van der Waals surface area contributed by atoms with Crippen molar-refractivity contribution in [2.24, 2.45) is 4.99 Å². The number of guanidine groups is 1. The number of aromatic nitrogens is 1. The number of carbonyl (C=O) groups is 1. The zero-order valence-corrected chi connectivity index (χ0v) is 19.9. The van der Waals surface area contributed by atoms with Crippen molar-refractivity contribution < 1.29 is 19.0 Å². The molecule has 31 heavy (non-hydrogen) atoms. The summed E-state index contributed by atoms with van der Waals surface area (Å²) >= 11 is 1.34. The minimum atomic E-state index is -0.332. The Hall–Kier alpha value is -2.81. The average molecular weight is 449 g/mol. The van der Waals surface area contributed by atoms with Gasteiger partial charge in [-0.05, 0) is 52.3 Å². The van der Waals surface area contributed by atoms with Gasteiger partial charge in [0, 0.05) is 6.54 Å². The van der Waals surface area contributed by atoms with Crippen LogP contribution in [0.4, 0.5) is 0 Å². The highest BCUT2D eigenvalue weighted by Crippen LogP contribution is 2.28. The Balaban J connectivity index is 2.12. The van der Waals surface area contributed by atoms with E-state index in [1.165, 1.54) is 11.3 Å². The minimum Gasteiger partial charge on any atom is -0.493 e. The summed E-state index contributed by atoms with van der Waals surface area (Å²) in [5, 5.41) is 7.40. The number of benzene rings is 1. The predicted molar refractivity (Wildman–Crippen MR) is 123 cm³/mol. The highest BCUT2D eigenvalue weighted by Gasteiger charge is 2.20. The lowest BCUT2D eigenvalue weighted by Crippen LogP contribution is -2.38. The molecule has 1 aromatic heterocycles. The number of nitrogens with one attached hydrogen (secondary N) is 2. The van der Waals surface area contributed by atoms with Crippen LogP contribution in [0.5, 0.6) is 11.5 Å². The lowest BCUT2D eigenvalue weighted by atomic mass is 10.2. The molecule has 0 amide bonds. The van der Waals surface area contributed by atoms with Gasteiger partial charge in [-0.3, -0.25) is 0 Å². The minimum absolute atomic E-state index is 0.125. The van der Waals surface area contributed by atoms with E-state index in [2.05, 4.69) is 20.6 Å². The zero-order chi connectivity index (χ0) is 22.8. The Morgan fingerprint density at radius 2 is 2.00 bits per heavy atom. The molecular formula is C22H32N4O4S. The van der Waals surface area contributed by atoms with Gasteiger partial charge in [-0.25, -0.2) is 14.8 Å². The van der Waals surface area contributed by atoms with Gasteiger partial charge in [0.15, 0.2) is 17.5 Å². The number of hydrogen-bond donors (Lipinski definition) is 2. The number of rotatable bonds is 10. The summed E-state index contributed by atoms with van der Waals surface area (Å²) in [4.78, 5) is 21.8. The van der Waals surface area contributed by atoms with Crippen molar-refractivity contribution in [3.63, 3.8) is 0 Å². The Morgan fingerprint density at radius 1 is 1.23 bits per heavy atom. The van der Waals surface area contributed by atoms with Crippen LogP contribution in [0.1, 0.15) is 59.7 Å². The molecule has 2 N–H and O–H groups in total. The van der Waals surface area contributed by atoms with Crippen molar-refractivity contribution in [3.8, 4) is 11.5 Å². The Kier molecular flexibility index (Phi) is 9.58. The largest absolute Gasteiger partial charge is 0.493 e. The van der Waals surface area contributed by atoms with E-state index in [1.54, 1.807) is 14.0 Å². The van der Waals surface area contributed by atoms with Gasteiger partial charge in [-0.15, -0.1) is 11.3 Å². The molecule has 2 aromatic rings. The molecule has 9 heteroatoms. The maximum atomic E-state index is 12.1. The average Bonchev–Trinajstić information content (AvgIpc) is 3.15. The van der Waals surface area contributed by atoms with E-state index >= 15 is 0 Å². The van der Waals surface area contributed by atoms with Gasteiger partial charge in [0.25, 0.3) is 0 Å². The van der Waals surface area contributed by atoms with Crippen LogP contribution < -0.4 is 20.1 Å². The summed E-state index contributed by atoms with van der Waals surface area (Å²) in [5.74, 6) is 1.73. The molecule has 1 aromatic carbocycles. The van der Waals surface area contributed by atoms with Crippen molar-refractivity contribution in [3.05, 3.63) is 39.3 Å². The molecule has 0 fully saturated rings. The Bertz CT molecular complexity index is 898. The first kappa shape index (κ1) is 24.5. The van der Waals surface area contributed by atoms with Crippen LogP contribution in [0.25, 0.3) is 0 Å². The molecule has 0 aliphatic heterocycles. The van der Waals surface area contributed by atoms with Gasteiger partial charge in [0.05, 0.1) is 38.6 Å². The molecule has 0 bridgehead atoms. The number of ether oxygens (including phenoxy) is 3. The highest BCUT2D eigenvalue weighted by molar-refractivity contribution is 7.13. The molecule has 1 atom stereocenters. The summed E-state index contributed by atoms with van der Waals surface area (Å²) < 4.78 is 16.1. The lowest BCUT2D eigenvalue weighted by Gasteiger charge is -2.16. The predicted octanol–water partition coefficient (Wildman–Crippen LogP) is 3.85. The van der Waals surface area contributed by atoms with E-state index in [-0.39, 0.29) is 12.0 Å². The topological polar surface area (TPSA) is 94.1 Å². The summed E-state index contributed by atoms with van der Waals surface area (Å²) in [6.45, 7) is 11.6. The molecule has 0 saturated carbocycles. The molecule has 0 aliphatic rings. The van der Waals surface area contributed by atoms with E-state index in [1.807, 2.05) is 45.9 Å². The van der Waals surface area contributed by atoms with E-state index < -0.39 is 0 Å². The van der Waals surface area contributed by atoms with Gasteiger partial charge >= 0.3 is 5.97 Å². The van der Waals surface area contributed by atoms with Gasteiger partial charge < -0.3 is 24.8 Å². The molecule has 0 saturated heterocycles. The molecule has 8 nitrogen and oxygen atoms in total. The van der Waals surface area contributed by atoms with E-state index in [9.17, 15) is 4.79 Å². The standard InChI is InChI=1S/C22H32N4O4S/c1-7-23-22(24-13-16-10-11-17(29-8-2)18(12-16)28-6)26-15(5)20-25-14(4)19(31-20)21(27)30-9-3/h10-12,15H,7-9,13H2,1-6H3,(H2,23,24,26). The second-order valence-corrected chi connectivity index (χ2v) is 7.70. The van der Waals surface area contributed by atoms with Crippen molar-refractivity contribution in [2.45, 2.75) is 47.2 Å². The first-order valence-corrected chi connectivity index (χ1v) is 11.2.